The molecule has 15 heavy (non-hydrogen) atoms. The molecule has 4 heteroatoms. The number of ether oxygens (including phenoxy) is 1. The van der Waals surface area contributed by atoms with Gasteiger partial charge >= 0.3 is 0 Å². The molecule has 0 N–H and O–H groups in total. The summed E-state index contributed by atoms with van der Waals surface area (Å²) >= 11 is 1.66. The molecule has 1 fully saturated rings. The molecular formula is C11H13NO2S. The molecular weight excluding hydrogens is 210 g/mol. The van der Waals surface area contributed by atoms with Crippen LogP contribution in [-0.4, -0.2) is 25.4 Å². The number of benzene rings is 1. The number of anilines is 1. The normalized spacial score (nSPS) is 16.5. The fourth-order valence-corrected chi connectivity index (χ4v) is 2.31. The van der Waals surface area contributed by atoms with Gasteiger partial charge in [0.15, 0.2) is 0 Å². The zero-order valence-electron chi connectivity index (χ0n) is 8.60. The number of rotatable bonds is 2. The molecule has 0 aromatic heterocycles. The Morgan fingerprint density at radius 1 is 1.53 bits per heavy atom. The minimum atomic E-state index is 0.703. The quantitative estimate of drug-likeness (QED) is 0.568. The maximum absolute atomic E-state index is 10.7. The van der Waals surface area contributed by atoms with Gasteiger partial charge in [-0.25, -0.2) is 0 Å². The molecule has 3 nitrogen and oxygen atoms in total. The van der Waals surface area contributed by atoms with Gasteiger partial charge in [-0.2, -0.15) is 0 Å². The Kier molecular flexibility index (Phi) is 3.28. The van der Waals surface area contributed by atoms with Crippen LogP contribution in [0.5, 0.6) is 0 Å². The van der Waals surface area contributed by atoms with Gasteiger partial charge in [0.2, 0.25) is 0 Å². The van der Waals surface area contributed by atoms with Crippen LogP contribution in [0.4, 0.5) is 5.69 Å². The summed E-state index contributed by atoms with van der Waals surface area (Å²) in [5.41, 5.74) is 2.93. The standard InChI is InChI=1S/C11H13NO2S/c1-9-6-11(3-2-10(9)7-13)12-4-5-14-8-15-12/h2-3,6-7H,4-5,8H2,1H3. The molecule has 0 radical (unpaired) electrons. The zero-order valence-corrected chi connectivity index (χ0v) is 9.42. The number of nitrogens with zero attached hydrogens (tertiary/aromatic N) is 1. The van der Waals surface area contributed by atoms with E-state index in [0.29, 0.717) is 5.94 Å². The first-order chi connectivity index (χ1) is 7.31. The minimum absolute atomic E-state index is 0.703. The molecule has 0 atom stereocenters. The molecule has 0 unspecified atom stereocenters. The van der Waals surface area contributed by atoms with E-state index in [0.717, 1.165) is 36.3 Å². The van der Waals surface area contributed by atoms with Crippen molar-refractivity contribution >= 4 is 23.9 Å². The van der Waals surface area contributed by atoms with Crippen LogP contribution in [-0.2, 0) is 4.74 Å². The molecule has 0 aliphatic carbocycles. The van der Waals surface area contributed by atoms with Gasteiger partial charge in [-0.15, -0.1) is 0 Å². The number of aldehydes is 1. The van der Waals surface area contributed by atoms with Gasteiger partial charge in [-0.1, -0.05) is 0 Å². The number of hydrogen-bond donors (Lipinski definition) is 0. The molecule has 1 aliphatic heterocycles. The fraction of sp³-hybridized carbons (Fsp3) is 0.364. The van der Waals surface area contributed by atoms with E-state index in [2.05, 4.69) is 4.31 Å². The Labute approximate surface area is 93.5 Å². The Balaban J connectivity index is 2.21. The van der Waals surface area contributed by atoms with Gasteiger partial charge in [-0.3, -0.25) is 4.79 Å². The maximum Gasteiger partial charge on any atom is 0.150 e. The van der Waals surface area contributed by atoms with E-state index in [1.165, 1.54) is 0 Å². The van der Waals surface area contributed by atoms with Crippen LogP contribution < -0.4 is 4.31 Å². The second-order valence-electron chi connectivity index (χ2n) is 3.42. The first-order valence-corrected chi connectivity index (χ1v) is 5.79. The topological polar surface area (TPSA) is 29.5 Å². The van der Waals surface area contributed by atoms with Crippen molar-refractivity contribution in [3.8, 4) is 0 Å². The number of aryl methyl sites for hydroxylation is 1. The van der Waals surface area contributed by atoms with Gasteiger partial charge in [0, 0.05) is 11.3 Å². The highest BCUT2D eigenvalue weighted by Gasteiger charge is 2.12. The van der Waals surface area contributed by atoms with Crippen molar-refractivity contribution in [3.63, 3.8) is 0 Å². The largest absolute Gasteiger partial charge is 0.367 e. The van der Waals surface area contributed by atoms with E-state index in [9.17, 15) is 4.79 Å². The second-order valence-corrected chi connectivity index (χ2v) is 4.35. The molecule has 0 bridgehead atoms. The zero-order chi connectivity index (χ0) is 10.7. The Hall–Kier alpha value is -1.00. The summed E-state index contributed by atoms with van der Waals surface area (Å²) in [5, 5.41) is 0. The van der Waals surface area contributed by atoms with Crippen molar-refractivity contribution < 1.29 is 9.53 Å². The summed E-state index contributed by atoms with van der Waals surface area (Å²) in [4.78, 5) is 10.7. The lowest BCUT2D eigenvalue weighted by molar-refractivity contribution is 0.112. The summed E-state index contributed by atoms with van der Waals surface area (Å²) < 4.78 is 7.46. The Morgan fingerprint density at radius 3 is 3.00 bits per heavy atom. The van der Waals surface area contributed by atoms with Crippen molar-refractivity contribution in [1.29, 1.82) is 0 Å². The third kappa shape index (κ3) is 2.33. The highest BCUT2D eigenvalue weighted by atomic mass is 32.2. The van der Waals surface area contributed by atoms with Crippen molar-refractivity contribution in [2.45, 2.75) is 6.92 Å². The van der Waals surface area contributed by atoms with Crippen LogP contribution in [0.3, 0.4) is 0 Å². The molecule has 0 amide bonds. The van der Waals surface area contributed by atoms with E-state index in [1.54, 1.807) is 11.9 Å². The third-order valence-corrected chi connectivity index (χ3v) is 3.38. The van der Waals surface area contributed by atoms with E-state index < -0.39 is 0 Å². The smallest absolute Gasteiger partial charge is 0.150 e. The molecule has 1 saturated heterocycles. The fourth-order valence-electron chi connectivity index (χ4n) is 1.52. The lowest BCUT2D eigenvalue weighted by Crippen LogP contribution is -2.26. The van der Waals surface area contributed by atoms with Crippen LogP contribution in [0.15, 0.2) is 18.2 Å². The predicted molar refractivity (Wildman–Crippen MR) is 62.3 cm³/mol. The van der Waals surface area contributed by atoms with E-state index in [4.69, 9.17) is 4.74 Å². The van der Waals surface area contributed by atoms with E-state index >= 15 is 0 Å². The number of carbonyl (C=O) groups excluding carboxylic acids is 1. The second kappa shape index (κ2) is 4.68. The SMILES string of the molecule is Cc1cc(N2CCOCS2)ccc1C=O. The molecule has 1 aromatic carbocycles. The van der Waals surface area contributed by atoms with Crippen LogP contribution in [0.1, 0.15) is 15.9 Å². The summed E-state index contributed by atoms with van der Waals surface area (Å²) in [6.45, 7) is 3.62. The lowest BCUT2D eigenvalue weighted by Gasteiger charge is -2.27. The van der Waals surface area contributed by atoms with Gasteiger partial charge in [-0.05, 0) is 42.6 Å². The van der Waals surface area contributed by atoms with Crippen LogP contribution in [0.2, 0.25) is 0 Å². The first-order valence-electron chi connectivity index (χ1n) is 4.85. The van der Waals surface area contributed by atoms with Crippen molar-refractivity contribution in [2.75, 3.05) is 23.4 Å². The summed E-state index contributed by atoms with van der Waals surface area (Å²) in [7, 11) is 0. The highest BCUT2D eigenvalue weighted by molar-refractivity contribution is 8.00. The predicted octanol–water partition coefficient (Wildman–Crippen LogP) is 2.25. The van der Waals surface area contributed by atoms with E-state index in [-0.39, 0.29) is 0 Å². The monoisotopic (exact) mass is 223 g/mol. The number of carbonyl (C=O) groups is 1. The van der Waals surface area contributed by atoms with Crippen molar-refractivity contribution in [3.05, 3.63) is 29.3 Å². The van der Waals surface area contributed by atoms with Gasteiger partial charge in [0.1, 0.15) is 12.2 Å². The molecule has 80 valence electrons. The Morgan fingerprint density at radius 2 is 2.40 bits per heavy atom. The number of hydrogen-bond acceptors (Lipinski definition) is 4. The average molecular weight is 223 g/mol. The summed E-state index contributed by atoms with van der Waals surface area (Å²) in [5.74, 6) is 0.703. The maximum atomic E-state index is 10.7. The van der Waals surface area contributed by atoms with Gasteiger partial charge < -0.3 is 9.04 Å². The van der Waals surface area contributed by atoms with Gasteiger partial charge in [0.25, 0.3) is 0 Å². The van der Waals surface area contributed by atoms with E-state index in [1.807, 2.05) is 25.1 Å². The van der Waals surface area contributed by atoms with Crippen molar-refractivity contribution in [1.82, 2.24) is 0 Å². The third-order valence-electron chi connectivity index (χ3n) is 2.40. The van der Waals surface area contributed by atoms with Crippen LogP contribution in [0.25, 0.3) is 0 Å². The first kappa shape index (κ1) is 10.5. The van der Waals surface area contributed by atoms with Crippen molar-refractivity contribution in [2.24, 2.45) is 0 Å². The van der Waals surface area contributed by atoms with Crippen LogP contribution >= 0.6 is 11.9 Å². The average Bonchev–Trinajstić information content (AvgIpc) is 2.30. The molecule has 1 aromatic rings. The molecule has 0 spiro atoms. The molecule has 1 heterocycles. The van der Waals surface area contributed by atoms with Crippen LogP contribution in [0, 0.1) is 6.92 Å². The molecule has 2 rings (SSSR count). The lowest BCUT2D eigenvalue weighted by atomic mass is 10.1. The minimum Gasteiger partial charge on any atom is -0.367 e. The van der Waals surface area contributed by atoms with Gasteiger partial charge in [0.05, 0.1) is 13.2 Å². The molecule has 0 saturated carbocycles. The summed E-state index contributed by atoms with van der Waals surface area (Å²) in [6.07, 6.45) is 0.894. The summed E-state index contributed by atoms with van der Waals surface area (Å²) in [6, 6.07) is 5.89. The molecule has 1 aliphatic rings. The highest BCUT2D eigenvalue weighted by Crippen LogP contribution is 2.26. The Bertz CT molecular complexity index is 362.